The summed E-state index contributed by atoms with van der Waals surface area (Å²) in [5.41, 5.74) is 2.06. The Kier molecular flexibility index (Phi) is 5.36. The third kappa shape index (κ3) is 4.28. The number of carbonyl (C=O) groups is 1. The number of aliphatic hydroxyl groups is 1. The van der Waals surface area contributed by atoms with Gasteiger partial charge >= 0.3 is 0 Å². The molecule has 0 spiro atoms. The van der Waals surface area contributed by atoms with Crippen molar-refractivity contribution in [3.63, 3.8) is 0 Å². The van der Waals surface area contributed by atoms with Crippen molar-refractivity contribution in [2.24, 2.45) is 5.92 Å². The molecule has 1 aromatic carbocycles. The molecule has 27 heavy (non-hydrogen) atoms. The van der Waals surface area contributed by atoms with E-state index in [0.29, 0.717) is 45.8 Å². The van der Waals surface area contributed by atoms with Gasteiger partial charge in [0.2, 0.25) is 5.91 Å². The van der Waals surface area contributed by atoms with E-state index in [0.717, 1.165) is 17.0 Å². The molecule has 142 valence electrons. The van der Waals surface area contributed by atoms with Crippen molar-refractivity contribution in [1.82, 2.24) is 14.8 Å². The smallest absolute Gasteiger partial charge is 0.236 e. The number of hydrogen-bond acceptors (Lipinski definition) is 5. The number of fused-ring (bicyclic) bond motifs is 1. The van der Waals surface area contributed by atoms with Crippen LogP contribution >= 0.6 is 0 Å². The topological polar surface area (TPSA) is 65.9 Å². The summed E-state index contributed by atoms with van der Waals surface area (Å²) in [7, 11) is 0. The van der Waals surface area contributed by atoms with E-state index in [1.165, 1.54) is 0 Å². The Bertz CT molecular complexity index is 783. The largest absolute Gasteiger partial charge is 0.492 e. The number of carbonyl (C=O) groups excluding carboxylic acids is 1. The normalized spacial score (nSPS) is 22.8. The van der Waals surface area contributed by atoms with E-state index in [1.807, 2.05) is 42.5 Å². The summed E-state index contributed by atoms with van der Waals surface area (Å²) in [6, 6.07) is 13.8. The van der Waals surface area contributed by atoms with E-state index in [-0.39, 0.29) is 11.8 Å². The fourth-order valence-electron chi connectivity index (χ4n) is 3.85. The minimum absolute atomic E-state index is 0.0389. The van der Waals surface area contributed by atoms with Crippen molar-refractivity contribution in [3.8, 4) is 5.75 Å². The first kappa shape index (κ1) is 17.9. The number of ether oxygens (including phenoxy) is 1. The van der Waals surface area contributed by atoms with Crippen LogP contribution in [0.5, 0.6) is 5.75 Å². The van der Waals surface area contributed by atoms with Crippen LogP contribution in [0.25, 0.3) is 0 Å². The molecule has 2 aromatic rings. The van der Waals surface area contributed by atoms with Gasteiger partial charge in [-0.1, -0.05) is 24.3 Å². The van der Waals surface area contributed by atoms with Gasteiger partial charge in [0, 0.05) is 49.6 Å². The zero-order valence-corrected chi connectivity index (χ0v) is 15.3. The van der Waals surface area contributed by atoms with Gasteiger partial charge in [0.15, 0.2) is 0 Å². The van der Waals surface area contributed by atoms with Crippen LogP contribution in [-0.2, 0) is 17.8 Å². The van der Waals surface area contributed by atoms with Crippen LogP contribution in [0.4, 0.5) is 0 Å². The van der Waals surface area contributed by atoms with E-state index >= 15 is 0 Å². The van der Waals surface area contributed by atoms with Crippen LogP contribution < -0.4 is 4.74 Å². The highest BCUT2D eigenvalue weighted by molar-refractivity contribution is 5.78. The minimum atomic E-state index is -0.496. The van der Waals surface area contributed by atoms with E-state index in [2.05, 4.69) is 9.88 Å². The Balaban J connectivity index is 1.35. The van der Waals surface area contributed by atoms with Crippen LogP contribution in [0.2, 0.25) is 0 Å². The Labute approximate surface area is 159 Å². The third-order valence-corrected chi connectivity index (χ3v) is 5.35. The maximum absolute atomic E-state index is 12.8. The van der Waals surface area contributed by atoms with Crippen molar-refractivity contribution in [2.45, 2.75) is 19.1 Å². The van der Waals surface area contributed by atoms with Gasteiger partial charge < -0.3 is 14.7 Å². The first-order valence-corrected chi connectivity index (χ1v) is 9.48. The molecule has 0 bridgehead atoms. The number of rotatable bonds is 4. The van der Waals surface area contributed by atoms with Gasteiger partial charge in [-0.3, -0.25) is 14.7 Å². The number of likely N-dealkylation sites (tertiary alicyclic amines) is 1. The first-order valence-electron chi connectivity index (χ1n) is 9.48. The molecule has 0 unspecified atom stereocenters. The average molecular weight is 367 g/mol. The molecule has 1 aromatic heterocycles. The van der Waals surface area contributed by atoms with Crippen molar-refractivity contribution in [1.29, 1.82) is 0 Å². The maximum atomic E-state index is 12.8. The van der Waals surface area contributed by atoms with Crippen LogP contribution in [0.1, 0.15) is 11.3 Å². The number of amides is 1. The van der Waals surface area contributed by atoms with Crippen molar-refractivity contribution < 1.29 is 14.6 Å². The molecule has 3 heterocycles. The molecule has 6 heteroatoms. The fourth-order valence-corrected chi connectivity index (χ4v) is 3.85. The molecule has 0 saturated carbocycles. The zero-order chi connectivity index (χ0) is 18.6. The predicted molar refractivity (Wildman–Crippen MR) is 101 cm³/mol. The van der Waals surface area contributed by atoms with Crippen LogP contribution in [0.3, 0.4) is 0 Å². The lowest BCUT2D eigenvalue weighted by Crippen LogP contribution is -2.40. The molecular formula is C21H25N3O3. The predicted octanol–water partition coefficient (Wildman–Crippen LogP) is 1.34. The average Bonchev–Trinajstić information content (AvgIpc) is 2.92. The minimum Gasteiger partial charge on any atom is -0.492 e. The summed E-state index contributed by atoms with van der Waals surface area (Å²) in [4.78, 5) is 21.0. The lowest BCUT2D eigenvalue weighted by Gasteiger charge is -2.23. The van der Waals surface area contributed by atoms with Crippen LogP contribution in [-0.4, -0.2) is 64.7 Å². The van der Waals surface area contributed by atoms with Gasteiger partial charge in [-0.05, 0) is 24.6 Å². The molecule has 1 amide bonds. The molecule has 6 nitrogen and oxygen atoms in total. The molecule has 1 fully saturated rings. The molecule has 0 radical (unpaired) electrons. The summed E-state index contributed by atoms with van der Waals surface area (Å²) in [5.74, 6) is 1.01. The Hall–Kier alpha value is -2.44. The number of pyridine rings is 1. The van der Waals surface area contributed by atoms with E-state index in [1.54, 1.807) is 11.1 Å². The second kappa shape index (κ2) is 8.06. The molecule has 0 aliphatic carbocycles. The number of hydrogen-bond donors (Lipinski definition) is 1. The Morgan fingerprint density at radius 2 is 2.04 bits per heavy atom. The lowest BCUT2D eigenvalue weighted by atomic mass is 10.00. The molecule has 2 atom stereocenters. The maximum Gasteiger partial charge on any atom is 0.236 e. The zero-order valence-electron chi connectivity index (χ0n) is 15.3. The summed E-state index contributed by atoms with van der Waals surface area (Å²) >= 11 is 0. The van der Waals surface area contributed by atoms with Gasteiger partial charge in [-0.25, -0.2) is 0 Å². The Morgan fingerprint density at radius 3 is 2.89 bits per heavy atom. The highest BCUT2D eigenvalue weighted by Crippen LogP contribution is 2.24. The number of para-hydroxylation sites is 1. The molecule has 1 N–H and O–H groups in total. The molecule has 2 aliphatic rings. The van der Waals surface area contributed by atoms with Crippen molar-refractivity contribution >= 4 is 5.91 Å². The molecule has 1 saturated heterocycles. The lowest BCUT2D eigenvalue weighted by molar-refractivity contribution is -0.132. The monoisotopic (exact) mass is 367 g/mol. The van der Waals surface area contributed by atoms with E-state index in [9.17, 15) is 9.90 Å². The summed E-state index contributed by atoms with van der Waals surface area (Å²) in [6.07, 6.45) is 1.96. The summed E-state index contributed by atoms with van der Waals surface area (Å²) < 4.78 is 5.77. The second-order valence-corrected chi connectivity index (χ2v) is 7.32. The fraction of sp³-hybridized carbons (Fsp3) is 0.429. The third-order valence-electron chi connectivity index (χ3n) is 5.35. The van der Waals surface area contributed by atoms with Crippen LogP contribution in [0, 0.1) is 5.92 Å². The Morgan fingerprint density at radius 1 is 1.19 bits per heavy atom. The van der Waals surface area contributed by atoms with Gasteiger partial charge in [-0.2, -0.15) is 0 Å². The van der Waals surface area contributed by atoms with Gasteiger partial charge in [0.05, 0.1) is 12.6 Å². The van der Waals surface area contributed by atoms with Gasteiger partial charge in [-0.15, -0.1) is 0 Å². The summed E-state index contributed by atoms with van der Waals surface area (Å²) in [5, 5.41) is 10.4. The van der Waals surface area contributed by atoms with Crippen LogP contribution in [0.15, 0.2) is 48.7 Å². The second-order valence-electron chi connectivity index (χ2n) is 7.32. The summed E-state index contributed by atoms with van der Waals surface area (Å²) in [6.45, 7) is 3.33. The van der Waals surface area contributed by atoms with Crippen molar-refractivity contribution in [2.75, 3.05) is 32.8 Å². The number of aliphatic hydroxyl groups excluding tert-OH is 1. The molecule has 4 rings (SSSR count). The standard InChI is InChI=1S/C21H25N3O3/c25-19-14-24(13-17(19)11-18-6-3-4-8-22-18)21(26)15-23-9-10-27-20-7-2-1-5-16(20)12-23/h1-8,17,19,25H,9-15H2/t17-,19-/m1/s1. The highest BCUT2D eigenvalue weighted by Gasteiger charge is 2.34. The highest BCUT2D eigenvalue weighted by atomic mass is 16.5. The van der Waals surface area contributed by atoms with Gasteiger partial charge in [0.1, 0.15) is 12.4 Å². The van der Waals surface area contributed by atoms with Crippen molar-refractivity contribution in [3.05, 3.63) is 59.9 Å². The molecule has 2 aliphatic heterocycles. The van der Waals surface area contributed by atoms with E-state index in [4.69, 9.17) is 4.74 Å². The number of nitrogens with zero attached hydrogens (tertiary/aromatic N) is 3. The first-order chi connectivity index (χ1) is 13.2. The quantitative estimate of drug-likeness (QED) is 0.883. The number of β-amino-alcohol motifs (C(OH)–C–C–N with tert-alkyl or cyclic N) is 1. The van der Waals surface area contributed by atoms with E-state index < -0.39 is 6.10 Å². The SMILES string of the molecule is O=C(CN1CCOc2ccccc2C1)N1C[C@@H](Cc2ccccn2)[C@H](O)C1. The number of aromatic nitrogens is 1. The van der Waals surface area contributed by atoms with Gasteiger partial charge in [0.25, 0.3) is 0 Å². The molecular weight excluding hydrogens is 342 g/mol. The number of benzene rings is 1.